The van der Waals surface area contributed by atoms with Crippen LogP contribution >= 0.6 is 0 Å². The number of nitrogens with zero attached hydrogens (tertiary/aromatic N) is 2. The number of hydrogen-bond acceptors (Lipinski definition) is 4. The summed E-state index contributed by atoms with van der Waals surface area (Å²) in [7, 11) is 0. The fourth-order valence-corrected chi connectivity index (χ4v) is 7.67. The van der Waals surface area contributed by atoms with Gasteiger partial charge in [-0.25, -0.2) is 9.98 Å². The number of fused-ring (bicyclic) bond motifs is 9. The van der Waals surface area contributed by atoms with E-state index in [2.05, 4.69) is 104 Å². The molecule has 10 rings (SSSR count). The van der Waals surface area contributed by atoms with E-state index in [1.807, 2.05) is 42.5 Å². The predicted octanol–water partition coefficient (Wildman–Crippen LogP) is 12.3. The van der Waals surface area contributed by atoms with Crippen molar-refractivity contribution in [1.29, 1.82) is 0 Å². The summed E-state index contributed by atoms with van der Waals surface area (Å²) in [5.74, 6) is 0.670. The molecule has 0 aliphatic carbocycles. The average Bonchev–Trinajstić information content (AvgIpc) is 3.72. The van der Waals surface area contributed by atoms with E-state index in [1.165, 1.54) is 27.1 Å². The maximum absolute atomic E-state index is 6.36. The number of aliphatic imine (C=N–C) groups is 2. The largest absolute Gasteiger partial charge is 0.456 e. The minimum atomic E-state index is 0.670. The van der Waals surface area contributed by atoms with Gasteiger partial charge >= 0.3 is 0 Å². The minimum Gasteiger partial charge on any atom is -0.456 e. The van der Waals surface area contributed by atoms with Crippen molar-refractivity contribution in [2.24, 2.45) is 9.98 Å². The van der Waals surface area contributed by atoms with Crippen LogP contribution in [0.1, 0.15) is 36.5 Å². The van der Waals surface area contributed by atoms with Crippen molar-refractivity contribution in [1.82, 2.24) is 0 Å². The molecule has 4 heteroatoms. The van der Waals surface area contributed by atoms with E-state index in [4.69, 9.17) is 18.8 Å². The molecule has 0 unspecified atom stereocenters. The van der Waals surface area contributed by atoms with Crippen molar-refractivity contribution in [2.45, 2.75) is 19.8 Å². The van der Waals surface area contributed by atoms with Gasteiger partial charge in [0.05, 0.1) is 11.4 Å². The van der Waals surface area contributed by atoms with Gasteiger partial charge < -0.3 is 8.83 Å². The first-order valence-electron chi connectivity index (χ1n) is 16.8. The third kappa shape index (κ3) is 4.38. The van der Waals surface area contributed by atoms with Gasteiger partial charge in [-0.05, 0) is 77.2 Å². The third-order valence-corrected chi connectivity index (χ3v) is 9.98. The topological polar surface area (TPSA) is 51.0 Å². The molecule has 9 aromatic rings. The molecule has 2 aromatic heterocycles. The molecular weight excluding hydrogens is 601 g/mol. The van der Waals surface area contributed by atoms with Crippen LogP contribution in [0.15, 0.2) is 164 Å². The standard InChI is InChI=1S/C45H30N2O2/c1-27-24-25-37(36-26-28-12-2-3-13-29(28)30-14-4-5-15-31(30)36)46-45(35-19-11-23-41-43(35)33-17-7-9-21-39(33)49-41)47-44(27)34-18-10-22-40-42(34)32-16-6-8-20-38(32)48-40/h2-23,26H,24-25H2,1H3/b44-27-,46-37?,47-45?. The average molecular weight is 631 g/mol. The number of furan rings is 2. The van der Waals surface area contributed by atoms with Gasteiger partial charge in [0.2, 0.25) is 0 Å². The lowest BCUT2D eigenvalue weighted by Crippen LogP contribution is -2.11. The molecule has 49 heavy (non-hydrogen) atoms. The number of para-hydroxylation sites is 2. The zero-order valence-corrected chi connectivity index (χ0v) is 26.9. The van der Waals surface area contributed by atoms with Crippen LogP contribution in [0, 0.1) is 0 Å². The molecule has 0 radical (unpaired) electrons. The smallest absolute Gasteiger partial charge is 0.160 e. The van der Waals surface area contributed by atoms with Gasteiger partial charge in [-0.1, -0.05) is 109 Å². The molecule has 0 spiro atoms. The molecule has 0 saturated carbocycles. The van der Waals surface area contributed by atoms with Crippen molar-refractivity contribution in [3.63, 3.8) is 0 Å². The van der Waals surface area contributed by atoms with Gasteiger partial charge in [0.25, 0.3) is 0 Å². The van der Waals surface area contributed by atoms with Crippen LogP contribution in [0.2, 0.25) is 0 Å². The van der Waals surface area contributed by atoms with E-state index in [1.54, 1.807) is 0 Å². The molecule has 3 heterocycles. The Balaban J connectivity index is 1.29. The number of rotatable bonds is 3. The van der Waals surface area contributed by atoms with Gasteiger partial charge in [0, 0.05) is 38.2 Å². The molecule has 0 bridgehead atoms. The SMILES string of the molecule is C/C1=C(\c2cccc3oc4ccccc4c23)N=C(c2cccc3oc4ccccc4c23)N=C(c2cc3ccccc3c3ccccc23)CC1. The second-order valence-electron chi connectivity index (χ2n) is 12.9. The van der Waals surface area contributed by atoms with Gasteiger partial charge in [-0.2, -0.15) is 0 Å². The molecule has 1 aliphatic rings. The third-order valence-electron chi connectivity index (χ3n) is 9.98. The molecule has 0 fully saturated rings. The first-order chi connectivity index (χ1) is 24.2. The Morgan fingerprint density at radius 2 is 1.00 bits per heavy atom. The van der Waals surface area contributed by atoms with E-state index in [-0.39, 0.29) is 0 Å². The molecule has 1 aliphatic heterocycles. The monoisotopic (exact) mass is 630 g/mol. The maximum atomic E-state index is 6.36. The fraction of sp³-hybridized carbons (Fsp3) is 0.0667. The quantitative estimate of drug-likeness (QED) is 0.182. The fourth-order valence-electron chi connectivity index (χ4n) is 7.67. The van der Waals surface area contributed by atoms with Crippen molar-refractivity contribution < 1.29 is 8.83 Å². The van der Waals surface area contributed by atoms with Crippen LogP contribution in [0.25, 0.3) is 71.1 Å². The van der Waals surface area contributed by atoms with E-state index in [0.717, 1.165) is 84.8 Å². The van der Waals surface area contributed by atoms with Crippen LogP contribution in [-0.4, -0.2) is 11.5 Å². The number of allylic oxidation sites excluding steroid dienone is 1. The van der Waals surface area contributed by atoms with Crippen LogP contribution in [0.5, 0.6) is 0 Å². The molecule has 0 atom stereocenters. The van der Waals surface area contributed by atoms with Gasteiger partial charge in [0.1, 0.15) is 22.3 Å². The summed E-state index contributed by atoms with van der Waals surface area (Å²) in [6.07, 6.45) is 1.58. The molecule has 0 N–H and O–H groups in total. The van der Waals surface area contributed by atoms with Crippen molar-refractivity contribution in [2.75, 3.05) is 0 Å². The van der Waals surface area contributed by atoms with Gasteiger partial charge in [0.15, 0.2) is 5.84 Å². The zero-order chi connectivity index (χ0) is 32.5. The summed E-state index contributed by atoms with van der Waals surface area (Å²) in [6.45, 7) is 2.22. The first-order valence-corrected chi connectivity index (χ1v) is 16.8. The maximum Gasteiger partial charge on any atom is 0.160 e. The second-order valence-corrected chi connectivity index (χ2v) is 12.9. The molecule has 7 aromatic carbocycles. The van der Waals surface area contributed by atoms with Crippen LogP contribution < -0.4 is 0 Å². The van der Waals surface area contributed by atoms with Crippen molar-refractivity contribution in [3.8, 4) is 0 Å². The van der Waals surface area contributed by atoms with E-state index < -0.39 is 0 Å². The summed E-state index contributed by atoms with van der Waals surface area (Å²) < 4.78 is 12.7. The van der Waals surface area contributed by atoms with E-state index >= 15 is 0 Å². The zero-order valence-electron chi connectivity index (χ0n) is 26.9. The summed E-state index contributed by atoms with van der Waals surface area (Å²) in [4.78, 5) is 11.2. The highest BCUT2D eigenvalue weighted by Crippen LogP contribution is 2.39. The lowest BCUT2D eigenvalue weighted by atomic mass is 9.91. The lowest BCUT2D eigenvalue weighted by molar-refractivity contribution is 0.668. The summed E-state index contributed by atoms with van der Waals surface area (Å²) in [5.41, 5.74) is 9.70. The Kier molecular flexibility index (Phi) is 6.18. The Morgan fingerprint density at radius 1 is 0.449 bits per heavy atom. The molecular formula is C45H30N2O2. The second kappa shape index (κ2) is 10.9. The predicted molar refractivity (Wildman–Crippen MR) is 204 cm³/mol. The van der Waals surface area contributed by atoms with Crippen LogP contribution in [0.3, 0.4) is 0 Å². The van der Waals surface area contributed by atoms with Gasteiger partial charge in [-0.3, -0.25) is 0 Å². The molecule has 4 nitrogen and oxygen atoms in total. The van der Waals surface area contributed by atoms with Crippen molar-refractivity contribution in [3.05, 3.63) is 162 Å². The highest BCUT2D eigenvalue weighted by molar-refractivity contribution is 6.26. The Hall–Kier alpha value is -6.26. The normalized spacial score (nSPS) is 15.7. The Morgan fingerprint density at radius 3 is 1.71 bits per heavy atom. The Labute approximate surface area is 282 Å². The highest BCUT2D eigenvalue weighted by atomic mass is 16.3. The van der Waals surface area contributed by atoms with Gasteiger partial charge in [-0.15, -0.1) is 0 Å². The summed E-state index contributed by atoms with van der Waals surface area (Å²) >= 11 is 0. The number of benzene rings is 7. The van der Waals surface area contributed by atoms with E-state index in [9.17, 15) is 0 Å². The summed E-state index contributed by atoms with van der Waals surface area (Å²) in [6, 6.07) is 48.6. The van der Waals surface area contributed by atoms with Crippen LogP contribution in [-0.2, 0) is 0 Å². The van der Waals surface area contributed by atoms with Crippen molar-refractivity contribution >= 4 is 82.7 Å². The Bertz CT molecular complexity index is 2900. The number of amidine groups is 1. The van der Waals surface area contributed by atoms with E-state index in [0.29, 0.717) is 5.84 Å². The molecule has 232 valence electrons. The first kappa shape index (κ1) is 27.8. The number of hydrogen-bond donors (Lipinski definition) is 0. The van der Waals surface area contributed by atoms with Crippen LogP contribution in [0.4, 0.5) is 0 Å². The lowest BCUT2D eigenvalue weighted by Gasteiger charge is -2.19. The molecule has 0 amide bonds. The summed E-state index contributed by atoms with van der Waals surface area (Å²) in [5, 5.41) is 9.11. The minimum absolute atomic E-state index is 0.670. The molecule has 0 saturated heterocycles. The highest BCUT2D eigenvalue weighted by Gasteiger charge is 2.23.